The highest BCUT2D eigenvalue weighted by molar-refractivity contribution is 7.99. The summed E-state index contributed by atoms with van der Waals surface area (Å²) in [5, 5.41) is 15.9. The van der Waals surface area contributed by atoms with Gasteiger partial charge in [0.05, 0.1) is 16.8 Å². The fourth-order valence-corrected chi connectivity index (χ4v) is 5.62. The summed E-state index contributed by atoms with van der Waals surface area (Å²) in [5.41, 5.74) is 5.11. The number of thioether (sulfide) groups is 1. The number of benzene rings is 1. The molecule has 5 rings (SSSR count). The average Bonchev–Trinajstić information content (AvgIpc) is 3.44. The highest BCUT2D eigenvalue weighted by Crippen LogP contribution is 2.36. The van der Waals surface area contributed by atoms with Crippen molar-refractivity contribution < 1.29 is 4.79 Å². The smallest absolute Gasteiger partial charge is 0.236 e. The molecule has 0 fully saturated rings. The van der Waals surface area contributed by atoms with Crippen molar-refractivity contribution >= 4 is 61.3 Å². The van der Waals surface area contributed by atoms with Gasteiger partial charge in [0, 0.05) is 15.8 Å². The Balaban J connectivity index is 1.41. The Labute approximate surface area is 190 Å². The lowest BCUT2D eigenvalue weighted by atomic mass is 10.0. The maximum Gasteiger partial charge on any atom is 0.236 e. The van der Waals surface area contributed by atoms with Gasteiger partial charge in [-0.2, -0.15) is 0 Å². The van der Waals surface area contributed by atoms with E-state index in [1.807, 2.05) is 18.2 Å². The second-order valence-electron chi connectivity index (χ2n) is 7.11. The lowest BCUT2D eigenvalue weighted by Crippen LogP contribution is -2.14. The van der Waals surface area contributed by atoms with E-state index in [0.717, 1.165) is 37.6 Å². The minimum Gasteiger partial charge on any atom is -0.301 e. The molecule has 1 aromatic carbocycles. The van der Waals surface area contributed by atoms with E-state index in [2.05, 4.69) is 62.1 Å². The van der Waals surface area contributed by atoms with Crippen molar-refractivity contribution in [2.75, 3.05) is 11.1 Å². The Morgan fingerprint density at radius 2 is 1.97 bits per heavy atom. The second kappa shape index (κ2) is 8.03. The molecule has 1 N–H and O–H groups in total. The Morgan fingerprint density at radius 3 is 2.71 bits per heavy atom. The first-order valence-electron chi connectivity index (χ1n) is 9.54. The summed E-state index contributed by atoms with van der Waals surface area (Å²) >= 11 is 4.39. The number of nitrogens with zero attached hydrogens (tertiary/aromatic N) is 5. The predicted molar refractivity (Wildman–Crippen MR) is 127 cm³/mol. The second-order valence-corrected chi connectivity index (χ2v) is 10.1. The van der Waals surface area contributed by atoms with E-state index in [4.69, 9.17) is 0 Å². The molecule has 0 unspecified atom stereocenters. The molecule has 7 nitrogen and oxygen atoms in total. The van der Waals surface area contributed by atoms with E-state index in [1.54, 1.807) is 17.7 Å². The first-order chi connectivity index (χ1) is 15.0. The average molecular weight is 467 g/mol. The number of hydrogen-bond acceptors (Lipinski definition) is 8. The molecule has 0 spiro atoms. The van der Waals surface area contributed by atoms with E-state index < -0.39 is 0 Å². The molecule has 0 radical (unpaired) electrons. The topological polar surface area (TPSA) is 85.1 Å². The molecule has 0 aliphatic carbocycles. The molecule has 0 bridgehead atoms. The molecule has 1 amide bonds. The number of nitrogens with one attached hydrogen (secondary N) is 1. The monoisotopic (exact) mass is 466 g/mol. The van der Waals surface area contributed by atoms with E-state index in [9.17, 15) is 4.79 Å². The highest BCUT2D eigenvalue weighted by atomic mass is 32.2. The van der Waals surface area contributed by atoms with E-state index in [1.165, 1.54) is 28.7 Å². The summed E-state index contributed by atoms with van der Waals surface area (Å²) in [5.74, 6) is 0.0886. The molecule has 4 aromatic heterocycles. The molecule has 156 valence electrons. The van der Waals surface area contributed by atoms with Gasteiger partial charge in [-0.1, -0.05) is 41.6 Å². The molecular formula is C21H18N6OS3. The third-order valence-electron chi connectivity index (χ3n) is 4.92. The molecule has 0 aliphatic heterocycles. The van der Waals surface area contributed by atoms with Crippen LogP contribution in [0.2, 0.25) is 0 Å². The third kappa shape index (κ3) is 3.82. The van der Waals surface area contributed by atoms with E-state index in [-0.39, 0.29) is 11.7 Å². The number of aryl methyl sites for hydroxylation is 3. The summed E-state index contributed by atoms with van der Waals surface area (Å²) < 4.78 is 1.85. The predicted octanol–water partition coefficient (Wildman–Crippen LogP) is 5.12. The van der Waals surface area contributed by atoms with Crippen LogP contribution < -0.4 is 5.32 Å². The number of amides is 1. The molecule has 0 saturated carbocycles. The van der Waals surface area contributed by atoms with Crippen molar-refractivity contribution in [2.45, 2.75) is 25.9 Å². The van der Waals surface area contributed by atoms with Crippen molar-refractivity contribution in [3.8, 4) is 11.1 Å². The molecule has 5 aromatic rings. The van der Waals surface area contributed by atoms with Gasteiger partial charge >= 0.3 is 0 Å². The minimum absolute atomic E-state index is 0.125. The summed E-state index contributed by atoms with van der Waals surface area (Å²) in [6.07, 6.45) is 1.72. The molecule has 0 atom stereocenters. The van der Waals surface area contributed by atoms with Crippen LogP contribution in [0.4, 0.5) is 5.13 Å². The molecular weight excluding hydrogens is 448 g/mol. The summed E-state index contributed by atoms with van der Waals surface area (Å²) in [6.45, 7) is 5.99. The summed E-state index contributed by atoms with van der Waals surface area (Å²) in [7, 11) is 0. The quantitative estimate of drug-likeness (QED) is 0.362. The van der Waals surface area contributed by atoms with Crippen molar-refractivity contribution in [1.82, 2.24) is 24.6 Å². The van der Waals surface area contributed by atoms with Crippen molar-refractivity contribution in [3.05, 3.63) is 52.1 Å². The zero-order valence-electron chi connectivity index (χ0n) is 17.0. The maximum absolute atomic E-state index is 12.4. The molecule has 0 aliphatic rings. The van der Waals surface area contributed by atoms with Crippen molar-refractivity contribution in [2.24, 2.45) is 0 Å². The first kappa shape index (κ1) is 20.1. The zero-order chi connectivity index (χ0) is 21.5. The van der Waals surface area contributed by atoms with Gasteiger partial charge in [-0.05, 0) is 26.3 Å². The van der Waals surface area contributed by atoms with Crippen LogP contribution in [0.25, 0.3) is 27.0 Å². The number of fused-ring (bicyclic) bond motifs is 3. The number of thiophene rings is 1. The van der Waals surface area contributed by atoms with Crippen LogP contribution in [0.15, 0.2) is 41.1 Å². The van der Waals surface area contributed by atoms with Crippen LogP contribution in [0.1, 0.15) is 16.1 Å². The SMILES string of the molecule is Cc1ccc(-c2csc3ncn4c(SCC(=O)Nc5nc(C)c(C)s5)nnc4c23)cc1. The normalized spacial score (nSPS) is 11.5. The number of carbonyl (C=O) groups is 1. The van der Waals surface area contributed by atoms with E-state index >= 15 is 0 Å². The van der Waals surface area contributed by atoms with Gasteiger partial charge < -0.3 is 5.32 Å². The van der Waals surface area contributed by atoms with Crippen LogP contribution in [0, 0.1) is 20.8 Å². The minimum atomic E-state index is -0.125. The van der Waals surface area contributed by atoms with Gasteiger partial charge in [-0.15, -0.1) is 32.9 Å². The molecule has 4 heterocycles. The molecule has 0 saturated heterocycles. The number of rotatable bonds is 5. The molecule has 31 heavy (non-hydrogen) atoms. The van der Waals surface area contributed by atoms with Crippen LogP contribution in [0.3, 0.4) is 0 Å². The number of hydrogen-bond donors (Lipinski definition) is 1. The fourth-order valence-electron chi connectivity index (χ4n) is 3.18. The number of anilines is 1. The first-order valence-corrected chi connectivity index (χ1v) is 12.2. The largest absolute Gasteiger partial charge is 0.301 e. The summed E-state index contributed by atoms with van der Waals surface area (Å²) in [6, 6.07) is 8.42. The Hall–Kier alpha value is -2.82. The van der Waals surface area contributed by atoms with Gasteiger partial charge in [0.15, 0.2) is 15.9 Å². The fraction of sp³-hybridized carbons (Fsp3) is 0.190. The maximum atomic E-state index is 12.4. The highest BCUT2D eigenvalue weighted by Gasteiger charge is 2.17. The standard InChI is InChI=1S/C21H18N6OS3/c1-11-4-6-14(7-5-11)15-8-29-19-17(15)18-25-26-21(27(18)10-22-19)30-9-16(28)24-20-23-12(2)13(3)31-20/h4-8,10H,9H2,1-3H3,(H,23,24,28). The van der Waals surface area contributed by atoms with E-state index in [0.29, 0.717) is 10.3 Å². The van der Waals surface area contributed by atoms with Crippen LogP contribution in [-0.4, -0.2) is 36.2 Å². The number of carbonyl (C=O) groups excluding carboxylic acids is 1. The van der Waals surface area contributed by atoms with Gasteiger partial charge in [0.1, 0.15) is 11.2 Å². The Morgan fingerprint density at radius 1 is 1.16 bits per heavy atom. The molecule has 10 heteroatoms. The van der Waals surface area contributed by atoms with Crippen molar-refractivity contribution in [1.29, 1.82) is 0 Å². The number of aromatic nitrogens is 5. The van der Waals surface area contributed by atoms with Crippen molar-refractivity contribution in [3.63, 3.8) is 0 Å². The lowest BCUT2D eigenvalue weighted by molar-refractivity contribution is -0.113. The van der Waals surface area contributed by atoms with Crippen LogP contribution in [0.5, 0.6) is 0 Å². The van der Waals surface area contributed by atoms with Crippen LogP contribution >= 0.6 is 34.4 Å². The third-order valence-corrected chi connectivity index (χ3v) is 7.74. The lowest BCUT2D eigenvalue weighted by Gasteiger charge is -2.03. The van der Waals surface area contributed by atoms with Gasteiger partial charge in [-0.3, -0.25) is 9.20 Å². The van der Waals surface area contributed by atoms with Gasteiger partial charge in [-0.25, -0.2) is 9.97 Å². The van der Waals surface area contributed by atoms with Crippen LogP contribution in [-0.2, 0) is 4.79 Å². The summed E-state index contributed by atoms with van der Waals surface area (Å²) in [4.78, 5) is 23.3. The Bertz CT molecular complexity index is 1400. The van der Waals surface area contributed by atoms with Gasteiger partial charge in [0.25, 0.3) is 0 Å². The Kier molecular flexibility index (Phi) is 5.20. The van der Waals surface area contributed by atoms with Gasteiger partial charge in [0.2, 0.25) is 5.91 Å². The number of thiazole rings is 1. The zero-order valence-corrected chi connectivity index (χ0v) is 19.5.